The fourth-order valence-corrected chi connectivity index (χ4v) is 3.55. The topological polar surface area (TPSA) is 17.1 Å². The summed E-state index contributed by atoms with van der Waals surface area (Å²) in [4.78, 5) is 13.7. The fraction of sp³-hybridized carbons (Fsp3) is 0.312. The molecule has 0 atom stereocenters. The highest BCUT2D eigenvalue weighted by Gasteiger charge is 2.13. The maximum absolute atomic E-state index is 11.7. The molecule has 2 aromatic rings. The van der Waals surface area contributed by atoms with Crippen LogP contribution in [0.2, 0.25) is 0 Å². The van der Waals surface area contributed by atoms with Crippen LogP contribution in [-0.2, 0) is 12.8 Å². The van der Waals surface area contributed by atoms with E-state index in [2.05, 4.69) is 24.3 Å². The van der Waals surface area contributed by atoms with E-state index < -0.39 is 0 Å². The SMILES string of the molecule is CCC(=O)c1ccc(-c2ccc3c(c2)CCC3)s1. The van der Waals surface area contributed by atoms with Crippen LogP contribution in [0.15, 0.2) is 30.3 Å². The first-order valence-corrected chi connectivity index (χ1v) is 7.35. The zero-order chi connectivity index (χ0) is 12.5. The average Bonchev–Trinajstić information content (AvgIpc) is 3.05. The predicted octanol–water partition coefficient (Wildman–Crippen LogP) is 4.50. The van der Waals surface area contributed by atoms with Gasteiger partial charge in [-0.2, -0.15) is 0 Å². The molecule has 0 aliphatic heterocycles. The maximum atomic E-state index is 11.7. The zero-order valence-corrected chi connectivity index (χ0v) is 11.3. The van der Waals surface area contributed by atoms with Gasteiger partial charge in [0.25, 0.3) is 0 Å². The molecule has 0 saturated heterocycles. The third-order valence-electron chi connectivity index (χ3n) is 3.58. The summed E-state index contributed by atoms with van der Waals surface area (Å²) in [7, 11) is 0. The summed E-state index contributed by atoms with van der Waals surface area (Å²) in [5.74, 6) is 0.243. The van der Waals surface area contributed by atoms with Crippen molar-refractivity contribution in [1.29, 1.82) is 0 Å². The van der Waals surface area contributed by atoms with Gasteiger partial charge in [-0.15, -0.1) is 11.3 Å². The largest absolute Gasteiger partial charge is 0.293 e. The molecule has 0 fully saturated rings. The zero-order valence-electron chi connectivity index (χ0n) is 10.5. The van der Waals surface area contributed by atoms with Gasteiger partial charge in [-0.25, -0.2) is 0 Å². The molecule has 0 N–H and O–H groups in total. The van der Waals surface area contributed by atoms with E-state index in [9.17, 15) is 4.79 Å². The molecule has 1 aromatic heterocycles. The van der Waals surface area contributed by atoms with Crippen LogP contribution >= 0.6 is 11.3 Å². The summed E-state index contributed by atoms with van der Waals surface area (Å²) in [6.45, 7) is 1.91. The second-order valence-corrected chi connectivity index (χ2v) is 5.86. The van der Waals surface area contributed by atoms with Gasteiger partial charge in [-0.05, 0) is 48.1 Å². The molecule has 0 spiro atoms. The van der Waals surface area contributed by atoms with E-state index in [0.29, 0.717) is 6.42 Å². The van der Waals surface area contributed by atoms with Crippen LogP contribution in [0, 0.1) is 0 Å². The van der Waals surface area contributed by atoms with Gasteiger partial charge >= 0.3 is 0 Å². The lowest BCUT2D eigenvalue weighted by Crippen LogP contribution is -1.90. The number of benzene rings is 1. The molecule has 18 heavy (non-hydrogen) atoms. The van der Waals surface area contributed by atoms with Crippen LogP contribution in [0.4, 0.5) is 0 Å². The number of fused-ring (bicyclic) bond motifs is 1. The molecule has 92 valence electrons. The number of hydrogen-bond acceptors (Lipinski definition) is 2. The number of Topliss-reactive ketones (excluding diaryl/α,β-unsaturated/α-hetero) is 1. The van der Waals surface area contributed by atoms with E-state index in [1.807, 2.05) is 13.0 Å². The van der Waals surface area contributed by atoms with Crippen molar-refractivity contribution < 1.29 is 4.79 Å². The van der Waals surface area contributed by atoms with Gasteiger partial charge in [0.15, 0.2) is 5.78 Å². The van der Waals surface area contributed by atoms with Gasteiger partial charge in [-0.1, -0.05) is 25.1 Å². The Balaban J connectivity index is 1.95. The number of carbonyl (C=O) groups excluding carboxylic acids is 1. The minimum absolute atomic E-state index is 0.243. The standard InChI is InChI=1S/C16H16OS/c1-2-14(17)16-9-8-15(18-16)13-7-6-11-4-3-5-12(11)10-13/h6-10H,2-5H2,1H3. The lowest BCUT2D eigenvalue weighted by Gasteiger charge is -2.02. The Labute approximate surface area is 111 Å². The van der Waals surface area contributed by atoms with Crippen molar-refractivity contribution in [3.05, 3.63) is 46.3 Å². The smallest absolute Gasteiger partial charge is 0.172 e. The quantitative estimate of drug-likeness (QED) is 0.739. The van der Waals surface area contributed by atoms with E-state index in [4.69, 9.17) is 0 Å². The lowest BCUT2D eigenvalue weighted by atomic mass is 10.1. The van der Waals surface area contributed by atoms with Gasteiger partial charge in [0.1, 0.15) is 0 Å². The van der Waals surface area contributed by atoms with Crippen LogP contribution in [-0.4, -0.2) is 5.78 Å². The Morgan fingerprint density at radius 3 is 2.83 bits per heavy atom. The Bertz CT molecular complexity index is 595. The molecule has 0 radical (unpaired) electrons. The Morgan fingerprint density at radius 2 is 2.00 bits per heavy atom. The molecular weight excluding hydrogens is 240 g/mol. The highest BCUT2D eigenvalue weighted by atomic mass is 32.1. The number of thiophene rings is 1. The first kappa shape index (κ1) is 11.7. The molecule has 1 nitrogen and oxygen atoms in total. The summed E-state index contributed by atoms with van der Waals surface area (Å²) in [6, 6.07) is 10.8. The highest BCUT2D eigenvalue weighted by molar-refractivity contribution is 7.17. The molecule has 3 rings (SSSR count). The van der Waals surface area contributed by atoms with Crippen molar-refractivity contribution in [2.24, 2.45) is 0 Å². The number of ketones is 1. The van der Waals surface area contributed by atoms with E-state index in [1.165, 1.54) is 40.8 Å². The highest BCUT2D eigenvalue weighted by Crippen LogP contribution is 2.32. The predicted molar refractivity (Wildman–Crippen MR) is 76.4 cm³/mol. The van der Waals surface area contributed by atoms with Crippen molar-refractivity contribution in [2.45, 2.75) is 32.6 Å². The third kappa shape index (κ3) is 2.01. The van der Waals surface area contributed by atoms with Crippen molar-refractivity contribution in [2.75, 3.05) is 0 Å². The minimum atomic E-state index is 0.243. The monoisotopic (exact) mass is 256 g/mol. The first-order valence-electron chi connectivity index (χ1n) is 6.53. The molecule has 1 aliphatic carbocycles. The summed E-state index contributed by atoms with van der Waals surface area (Å²) in [5, 5.41) is 0. The van der Waals surface area contributed by atoms with Crippen molar-refractivity contribution >= 4 is 17.1 Å². The van der Waals surface area contributed by atoms with Crippen molar-refractivity contribution in [3.8, 4) is 10.4 Å². The van der Waals surface area contributed by atoms with E-state index in [1.54, 1.807) is 11.3 Å². The first-order chi connectivity index (χ1) is 8.78. The van der Waals surface area contributed by atoms with Gasteiger partial charge < -0.3 is 0 Å². The average molecular weight is 256 g/mol. The molecule has 0 saturated carbocycles. The molecule has 2 heteroatoms. The van der Waals surface area contributed by atoms with Gasteiger partial charge in [-0.3, -0.25) is 4.79 Å². The molecule has 1 heterocycles. The molecule has 1 aromatic carbocycles. The fourth-order valence-electron chi connectivity index (χ4n) is 2.54. The van der Waals surface area contributed by atoms with Crippen LogP contribution in [0.5, 0.6) is 0 Å². The molecule has 0 unspecified atom stereocenters. The Kier molecular flexibility index (Phi) is 3.04. The number of hydrogen-bond donors (Lipinski definition) is 0. The summed E-state index contributed by atoms with van der Waals surface area (Å²) in [6.07, 6.45) is 4.29. The molecule has 0 bridgehead atoms. The van der Waals surface area contributed by atoms with Gasteiger partial charge in [0.05, 0.1) is 4.88 Å². The molecule has 0 amide bonds. The van der Waals surface area contributed by atoms with E-state index in [0.717, 1.165) is 4.88 Å². The third-order valence-corrected chi connectivity index (χ3v) is 4.76. The Hall–Kier alpha value is -1.41. The van der Waals surface area contributed by atoms with Crippen molar-refractivity contribution in [1.82, 2.24) is 0 Å². The number of rotatable bonds is 3. The van der Waals surface area contributed by atoms with Crippen molar-refractivity contribution in [3.63, 3.8) is 0 Å². The molecular formula is C16H16OS. The van der Waals surface area contributed by atoms with Crippen LogP contribution in [0.3, 0.4) is 0 Å². The normalized spacial score (nSPS) is 13.6. The Morgan fingerprint density at radius 1 is 1.17 bits per heavy atom. The van der Waals surface area contributed by atoms with Crippen LogP contribution in [0.1, 0.15) is 40.6 Å². The summed E-state index contributed by atoms with van der Waals surface area (Å²) < 4.78 is 0. The van der Waals surface area contributed by atoms with E-state index in [-0.39, 0.29) is 5.78 Å². The second-order valence-electron chi connectivity index (χ2n) is 4.78. The van der Waals surface area contributed by atoms with Gasteiger partial charge in [0, 0.05) is 11.3 Å². The number of carbonyl (C=O) groups is 1. The summed E-state index contributed by atoms with van der Waals surface area (Å²) >= 11 is 1.61. The lowest BCUT2D eigenvalue weighted by molar-refractivity contribution is 0.0992. The van der Waals surface area contributed by atoms with E-state index >= 15 is 0 Å². The van der Waals surface area contributed by atoms with Crippen LogP contribution < -0.4 is 0 Å². The van der Waals surface area contributed by atoms with Crippen LogP contribution in [0.25, 0.3) is 10.4 Å². The maximum Gasteiger partial charge on any atom is 0.172 e. The van der Waals surface area contributed by atoms with Gasteiger partial charge in [0.2, 0.25) is 0 Å². The molecule has 1 aliphatic rings. The summed E-state index contributed by atoms with van der Waals surface area (Å²) in [5.41, 5.74) is 4.25. The second kappa shape index (κ2) is 4.69. The minimum Gasteiger partial charge on any atom is -0.293 e. The number of aryl methyl sites for hydroxylation is 2.